The van der Waals surface area contributed by atoms with Gasteiger partial charge in [-0.05, 0) is 36.5 Å². The first-order chi connectivity index (χ1) is 11.7. The van der Waals surface area contributed by atoms with Crippen molar-refractivity contribution in [2.75, 3.05) is 40.5 Å². The highest BCUT2D eigenvalue weighted by Crippen LogP contribution is 2.22. The fourth-order valence-electron chi connectivity index (χ4n) is 3.25. The highest BCUT2D eigenvalue weighted by atomic mass is 16.5. The van der Waals surface area contributed by atoms with Crippen LogP contribution in [0, 0.1) is 5.92 Å². The van der Waals surface area contributed by atoms with Crippen molar-refractivity contribution < 1.29 is 14.3 Å². The molecule has 1 aromatic rings. The van der Waals surface area contributed by atoms with E-state index in [0.717, 1.165) is 30.8 Å². The molecule has 0 aromatic heterocycles. The van der Waals surface area contributed by atoms with Crippen molar-refractivity contribution in [3.63, 3.8) is 0 Å². The highest BCUT2D eigenvalue weighted by Gasteiger charge is 2.28. The van der Waals surface area contributed by atoms with Gasteiger partial charge in [0.15, 0.2) is 0 Å². The lowest BCUT2D eigenvalue weighted by Crippen LogP contribution is -2.43. The molecule has 2 rings (SSSR count). The number of likely N-dealkylation sites (tertiary alicyclic amines) is 1. The standard InChI is InChI=1S/C19H30N2O3/c1-4-5-16-10-11-20(14-16)19(22)21(12-13-23-2)15-17-6-8-18(24-3)9-7-17/h6-9,16H,4-5,10-15H2,1-3H3. The summed E-state index contributed by atoms with van der Waals surface area (Å²) in [5.74, 6) is 1.49. The number of carbonyl (C=O) groups excluding carboxylic acids is 1. The van der Waals surface area contributed by atoms with E-state index in [0.29, 0.717) is 25.6 Å². The molecular formula is C19H30N2O3. The van der Waals surface area contributed by atoms with Gasteiger partial charge in [-0.15, -0.1) is 0 Å². The van der Waals surface area contributed by atoms with E-state index in [1.165, 1.54) is 12.8 Å². The molecule has 0 N–H and O–H groups in total. The number of carbonyl (C=O) groups is 1. The monoisotopic (exact) mass is 334 g/mol. The molecule has 0 spiro atoms. The maximum absolute atomic E-state index is 12.9. The van der Waals surface area contributed by atoms with Crippen LogP contribution in [0.2, 0.25) is 0 Å². The number of hydrogen-bond acceptors (Lipinski definition) is 3. The van der Waals surface area contributed by atoms with E-state index in [2.05, 4.69) is 6.92 Å². The molecule has 5 nitrogen and oxygen atoms in total. The SMILES string of the molecule is CCCC1CCN(C(=O)N(CCOC)Cc2ccc(OC)cc2)C1. The van der Waals surface area contributed by atoms with E-state index < -0.39 is 0 Å². The molecule has 1 heterocycles. The zero-order chi connectivity index (χ0) is 17.4. The number of rotatable bonds is 8. The summed E-state index contributed by atoms with van der Waals surface area (Å²) in [6.07, 6.45) is 3.52. The Balaban J connectivity index is 1.99. The maximum atomic E-state index is 12.9. The summed E-state index contributed by atoms with van der Waals surface area (Å²) in [5, 5.41) is 0. The highest BCUT2D eigenvalue weighted by molar-refractivity contribution is 5.74. The first-order valence-corrected chi connectivity index (χ1v) is 8.83. The Hall–Kier alpha value is -1.75. The Bertz CT molecular complexity index is 504. The molecule has 1 aromatic carbocycles. The molecule has 2 amide bonds. The van der Waals surface area contributed by atoms with E-state index in [9.17, 15) is 4.79 Å². The summed E-state index contributed by atoms with van der Waals surface area (Å²) < 4.78 is 10.4. The molecule has 1 fully saturated rings. The largest absolute Gasteiger partial charge is 0.497 e. The lowest BCUT2D eigenvalue weighted by molar-refractivity contribution is 0.126. The Kier molecular flexibility index (Phi) is 7.37. The summed E-state index contributed by atoms with van der Waals surface area (Å²) in [7, 11) is 3.33. The predicted octanol–water partition coefficient (Wildman–Crippen LogP) is 3.39. The van der Waals surface area contributed by atoms with Crippen molar-refractivity contribution in [2.24, 2.45) is 5.92 Å². The van der Waals surface area contributed by atoms with Gasteiger partial charge >= 0.3 is 6.03 Å². The fourth-order valence-corrected chi connectivity index (χ4v) is 3.25. The Morgan fingerprint density at radius 1 is 1.29 bits per heavy atom. The van der Waals surface area contributed by atoms with Crippen LogP contribution in [0.1, 0.15) is 31.7 Å². The van der Waals surface area contributed by atoms with Gasteiger partial charge in [-0.1, -0.05) is 25.5 Å². The van der Waals surface area contributed by atoms with Crippen molar-refractivity contribution >= 4 is 6.03 Å². The molecule has 1 unspecified atom stereocenters. The average Bonchev–Trinajstić information content (AvgIpc) is 3.07. The third-order valence-electron chi connectivity index (χ3n) is 4.62. The average molecular weight is 334 g/mol. The lowest BCUT2D eigenvalue weighted by Gasteiger charge is -2.28. The molecule has 1 aliphatic heterocycles. The molecule has 5 heteroatoms. The van der Waals surface area contributed by atoms with Crippen LogP contribution in [0.25, 0.3) is 0 Å². The maximum Gasteiger partial charge on any atom is 0.320 e. The second kappa shape index (κ2) is 9.52. The van der Waals surface area contributed by atoms with E-state index >= 15 is 0 Å². The first-order valence-electron chi connectivity index (χ1n) is 8.83. The van der Waals surface area contributed by atoms with Crippen molar-refractivity contribution in [1.82, 2.24) is 9.80 Å². The van der Waals surface area contributed by atoms with Crippen molar-refractivity contribution in [3.8, 4) is 5.75 Å². The number of benzene rings is 1. The zero-order valence-electron chi connectivity index (χ0n) is 15.2. The molecule has 134 valence electrons. The number of amides is 2. The van der Waals surface area contributed by atoms with Crippen LogP contribution in [0.4, 0.5) is 4.79 Å². The van der Waals surface area contributed by atoms with Crippen molar-refractivity contribution in [3.05, 3.63) is 29.8 Å². The molecule has 0 bridgehead atoms. The lowest BCUT2D eigenvalue weighted by atomic mass is 10.0. The molecular weight excluding hydrogens is 304 g/mol. The molecule has 1 atom stereocenters. The minimum absolute atomic E-state index is 0.126. The molecule has 24 heavy (non-hydrogen) atoms. The normalized spacial score (nSPS) is 17.1. The van der Waals surface area contributed by atoms with Gasteiger partial charge in [-0.25, -0.2) is 4.79 Å². The molecule has 1 saturated heterocycles. The zero-order valence-corrected chi connectivity index (χ0v) is 15.2. The van der Waals surface area contributed by atoms with Gasteiger partial charge in [-0.3, -0.25) is 0 Å². The van der Waals surface area contributed by atoms with Gasteiger partial charge in [-0.2, -0.15) is 0 Å². The van der Waals surface area contributed by atoms with Crippen LogP contribution < -0.4 is 4.74 Å². The number of methoxy groups -OCH3 is 2. The molecule has 0 aliphatic carbocycles. The van der Waals surface area contributed by atoms with Crippen LogP contribution in [-0.2, 0) is 11.3 Å². The van der Waals surface area contributed by atoms with E-state index in [-0.39, 0.29) is 6.03 Å². The third-order valence-corrected chi connectivity index (χ3v) is 4.62. The number of nitrogens with zero attached hydrogens (tertiary/aromatic N) is 2. The molecule has 1 aliphatic rings. The van der Waals surface area contributed by atoms with Gasteiger partial charge in [0.2, 0.25) is 0 Å². The van der Waals surface area contributed by atoms with Crippen LogP contribution in [0.5, 0.6) is 5.75 Å². The second-order valence-electron chi connectivity index (χ2n) is 6.43. The topological polar surface area (TPSA) is 42.0 Å². The van der Waals surface area contributed by atoms with Crippen LogP contribution >= 0.6 is 0 Å². The van der Waals surface area contributed by atoms with E-state index in [1.54, 1.807) is 14.2 Å². The predicted molar refractivity (Wildman–Crippen MR) is 95.3 cm³/mol. The van der Waals surface area contributed by atoms with E-state index in [1.807, 2.05) is 34.1 Å². The Morgan fingerprint density at radius 2 is 2.04 bits per heavy atom. The van der Waals surface area contributed by atoms with Crippen LogP contribution in [0.3, 0.4) is 0 Å². The van der Waals surface area contributed by atoms with Crippen molar-refractivity contribution in [2.45, 2.75) is 32.7 Å². The number of hydrogen-bond donors (Lipinski definition) is 0. The molecule has 0 radical (unpaired) electrons. The minimum atomic E-state index is 0.126. The third kappa shape index (κ3) is 5.13. The van der Waals surface area contributed by atoms with Gasteiger partial charge < -0.3 is 19.3 Å². The summed E-state index contributed by atoms with van der Waals surface area (Å²) in [6, 6.07) is 8.01. The quantitative estimate of drug-likeness (QED) is 0.732. The fraction of sp³-hybridized carbons (Fsp3) is 0.632. The van der Waals surface area contributed by atoms with Gasteiger partial charge in [0, 0.05) is 33.3 Å². The van der Waals surface area contributed by atoms with Gasteiger partial charge in [0.1, 0.15) is 5.75 Å². The summed E-state index contributed by atoms with van der Waals surface area (Å²) >= 11 is 0. The summed E-state index contributed by atoms with van der Waals surface area (Å²) in [5.41, 5.74) is 1.10. The summed E-state index contributed by atoms with van der Waals surface area (Å²) in [6.45, 7) is 5.72. The summed E-state index contributed by atoms with van der Waals surface area (Å²) in [4.78, 5) is 16.8. The Morgan fingerprint density at radius 3 is 2.67 bits per heavy atom. The van der Waals surface area contributed by atoms with Crippen LogP contribution in [-0.4, -0.2) is 56.3 Å². The van der Waals surface area contributed by atoms with Gasteiger partial charge in [0.25, 0.3) is 0 Å². The first kappa shape index (κ1) is 18.6. The van der Waals surface area contributed by atoms with Crippen LogP contribution in [0.15, 0.2) is 24.3 Å². The second-order valence-corrected chi connectivity index (χ2v) is 6.43. The van der Waals surface area contributed by atoms with E-state index in [4.69, 9.17) is 9.47 Å². The van der Waals surface area contributed by atoms with Crippen molar-refractivity contribution in [1.29, 1.82) is 0 Å². The Labute approximate surface area is 145 Å². The smallest absolute Gasteiger partial charge is 0.320 e. The molecule has 0 saturated carbocycles. The number of ether oxygens (including phenoxy) is 2. The minimum Gasteiger partial charge on any atom is -0.497 e. The number of urea groups is 1. The van der Waals surface area contributed by atoms with Gasteiger partial charge in [0.05, 0.1) is 13.7 Å².